The summed E-state index contributed by atoms with van der Waals surface area (Å²) >= 11 is 0. The Bertz CT molecular complexity index is 591. The van der Waals surface area contributed by atoms with Gasteiger partial charge in [-0.25, -0.2) is 9.37 Å². The first-order valence-corrected chi connectivity index (χ1v) is 5.43. The predicted molar refractivity (Wildman–Crippen MR) is 60.4 cm³/mol. The Labute approximate surface area is 97.7 Å². The molecule has 1 atom stereocenters. The molecule has 0 bridgehead atoms. The molecule has 17 heavy (non-hydrogen) atoms. The van der Waals surface area contributed by atoms with E-state index in [9.17, 15) is 9.18 Å². The Hall–Kier alpha value is -1.97. The van der Waals surface area contributed by atoms with Crippen LogP contribution in [-0.2, 0) is 11.8 Å². The number of nitrogens with zero attached hydrogens (tertiary/aromatic N) is 1. The zero-order valence-electron chi connectivity index (χ0n) is 9.33. The molecule has 0 fully saturated rings. The number of halogens is 1. The van der Waals surface area contributed by atoms with Crippen LogP contribution >= 0.6 is 0 Å². The van der Waals surface area contributed by atoms with Crippen molar-refractivity contribution >= 4 is 5.78 Å². The second-order valence-electron chi connectivity index (χ2n) is 4.60. The molecule has 1 unspecified atom stereocenters. The van der Waals surface area contributed by atoms with Gasteiger partial charge in [-0.3, -0.25) is 4.79 Å². The highest BCUT2D eigenvalue weighted by atomic mass is 19.1. The zero-order valence-corrected chi connectivity index (χ0v) is 9.33. The van der Waals surface area contributed by atoms with Gasteiger partial charge in [0.15, 0.2) is 5.78 Å². The highest BCUT2D eigenvalue weighted by Gasteiger charge is 2.43. The molecule has 0 aliphatic heterocycles. The van der Waals surface area contributed by atoms with Gasteiger partial charge in [0.05, 0.1) is 11.7 Å². The maximum Gasteiger partial charge on any atom is 0.175 e. The summed E-state index contributed by atoms with van der Waals surface area (Å²) in [4.78, 5) is 19.3. The number of carbonyl (C=O) groups excluding carboxylic acids is 1. The fraction of sp³-hybridized carbons (Fsp3) is 0.231. The second kappa shape index (κ2) is 3.26. The number of carbonyl (C=O) groups is 1. The van der Waals surface area contributed by atoms with Gasteiger partial charge in [-0.1, -0.05) is 6.07 Å². The minimum Gasteiger partial charge on any atom is -0.348 e. The lowest BCUT2D eigenvalue weighted by Gasteiger charge is -2.19. The minimum atomic E-state index is -0.646. The van der Waals surface area contributed by atoms with Crippen LogP contribution in [0, 0.1) is 5.82 Å². The highest BCUT2D eigenvalue weighted by molar-refractivity contribution is 6.07. The fourth-order valence-electron chi connectivity index (χ4n) is 2.45. The highest BCUT2D eigenvalue weighted by Crippen LogP contribution is 2.38. The normalized spacial score (nSPS) is 22.8. The number of H-pyrrole nitrogens is 1. The largest absolute Gasteiger partial charge is 0.348 e. The lowest BCUT2D eigenvalue weighted by molar-refractivity contribution is 0.0912. The van der Waals surface area contributed by atoms with Crippen molar-refractivity contribution in [3.05, 3.63) is 53.4 Å². The van der Waals surface area contributed by atoms with Gasteiger partial charge < -0.3 is 4.98 Å². The van der Waals surface area contributed by atoms with E-state index in [1.54, 1.807) is 18.6 Å². The van der Waals surface area contributed by atoms with Crippen LogP contribution < -0.4 is 0 Å². The Morgan fingerprint density at radius 2 is 2.29 bits per heavy atom. The number of hydrogen-bond acceptors (Lipinski definition) is 2. The first kappa shape index (κ1) is 10.2. The van der Waals surface area contributed by atoms with Gasteiger partial charge in [-0.2, -0.15) is 0 Å². The summed E-state index contributed by atoms with van der Waals surface area (Å²) in [6.07, 6.45) is 3.79. The average Bonchev–Trinajstić information content (AvgIpc) is 2.90. The maximum absolute atomic E-state index is 13.2. The lowest BCUT2D eigenvalue weighted by Crippen LogP contribution is -2.29. The van der Waals surface area contributed by atoms with Crippen molar-refractivity contribution in [2.24, 2.45) is 0 Å². The van der Waals surface area contributed by atoms with Crippen molar-refractivity contribution < 1.29 is 9.18 Å². The third-order valence-corrected chi connectivity index (χ3v) is 3.45. The summed E-state index contributed by atoms with van der Waals surface area (Å²) in [5.41, 5.74) is 1.52. The number of ketones is 1. The van der Waals surface area contributed by atoms with Crippen molar-refractivity contribution in [3.63, 3.8) is 0 Å². The molecule has 1 aromatic heterocycles. The van der Waals surface area contributed by atoms with Crippen LogP contribution in [0.2, 0.25) is 0 Å². The van der Waals surface area contributed by atoms with Crippen LogP contribution in [0.5, 0.6) is 0 Å². The van der Waals surface area contributed by atoms with Gasteiger partial charge in [0.2, 0.25) is 0 Å². The van der Waals surface area contributed by atoms with Crippen LogP contribution in [0.15, 0.2) is 30.7 Å². The number of benzene rings is 1. The molecule has 1 aliphatic rings. The summed E-state index contributed by atoms with van der Waals surface area (Å²) in [6.45, 7) is 1.86. The number of rotatable bonds is 1. The molecule has 3 nitrogen and oxygen atoms in total. The number of imidazole rings is 1. The molecule has 1 aliphatic carbocycles. The molecule has 0 spiro atoms. The molecule has 0 saturated carbocycles. The van der Waals surface area contributed by atoms with E-state index in [0.717, 1.165) is 11.3 Å². The monoisotopic (exact) mass is 230 g/mol. The number of fused-ring (bicyclic) bond motifs is 1. The Balaban J connectivity index is 2.13. The van der Waals surface area contributed by atoms with E-state index in [1.165, 1.54) is 12.1 Å². The first-order valence-electron chi connectivity index (χ1n) is 5.43. The predicted octanol–water partition coefficient (Wildman–Crippen LogP) is 2.25. The number of nitrogens with one attached hydrogen (secondary N) is 1. The van der Waals surface area contributed by atoms with E-state index in [-0.39, 0.29) is 11.6 Å². The standard InChI is InChI=1S/C13H11FN2O/c1-13(11-6-15-7-16-11)5-8-2-3-9(14)4-10(8)12(13)17/h2-4,6-7H,5H2,1H3,(H,15,16). The van der Waals surface area contributed by atoms with E-state index in [4.69, 9.17) is 0 Å². The molecular formula is C13H11FN2O. The molecule has 0 saturated heterocycles. The van der Waals surface area contributed by atoms with Crippen molar-refractivity contribution in [2.45, 2.75) is 18.8 Å². The van der Waals surface area contributed by atoms with Gasteiger partial charge >= 0.3 is 0 Å². The van der Waals surface area contributed by atoms with Crippen LogP contribution in [0.4, 0.5) is 4.39 Å². The van der Waals surface area contributed by atoms with E-state index >= 15 is 0 Å². The molecule has 0 amide bonds. The van der Waals surface area contributed by atoms with Gasteiger partial charge in [0.1, 0.15) is 5.82 Å². The smallest absolute Gasteiger partial charge is 0.175 e. The van der Waals surface area contributed by atoms with Crippen molar-refractivity contribution in [2.75, 3.05) is 0 Å². The zero-order chi connectivity index (χ0) is 12.0. The van der Waals surface area contributed by atoms with Crippen LogP contribution in [0.25, 0.3) is 0 Å². The molecule has 1 N–H and O–H groups in total. The Kier molecular flexibility index (Phi) is 1.96. The SMILES string of the molecule is CC1(c2cnc[nH]2)Cc2ccc(F)cc2C1=O. The minimum absolute atomic E-state index is 0.0451. The third-order valence-electron chi connectivity index (χ3n) is 3.45. The quantitative estimate of drug-likeness (QED) is 0.816. The summed E-state index contributed by atoms with van der Waals surface area (Å²) < 4.78 is 13.2. The van der Waals surface area contributed by atoms with Gasteiger partial charge in [-0.05, 0) is 31.0 Å². The molecule has 86 valence electrons. The summed E-state index contributed by atoms with van der Waals surface area (Å²) in [6, 6.07) is 4.40. The molecule has 2 aromatic rings. The summed E-state index contributed by atoms with van der Waals surface area (Å²) in [5, 5.41) is 0. The molecule has 4 heteroatoms. The summed E-state index contributed by atoms with van der Waals surface area (Å²) in [5.74, 6) is -0.415. The van der Waals surface area contributed by atoms with Crippen molar-refractivity contribution in [3.8, 4) is 0 Å². The van der Waals surface area contributed by atoms with E-state index in [1.807, 2.05) is 6.92 Å². The van der Waals surface area contributed by atoms with E-state index in [0.29, 0.717) is 12.0 Å². The maximum atomic E-state index is 13.2. The number of Topliss-reactive ketones (excluding diaryl/α,β-unsaturated/α-hetero) is 1. The first-order chi connectivity index (χ1) is 8.11. The van der Waals surface area contributed by atoms with Gasteiger partial charge in [0, 0.05) is 17.5 Å². The van der Waals surface area contributed by atoms with Gasteiger partial charge in [-0.15, -0.1) is 0 Å². The van der Waals surface area contributed by atoms with Crippen molar-refractivity contribution in [1.82, 2.24) is 9.97 Å². The average molecular weight is 230 g/mol. The fourth-order valence-corrected chi connectivity index (χ4v) is 2.45. The second-order valence-corrected chi connectivity index (χ2v) is 4.60. The lowest BCUT2D eigenvalue weighted by atomic mass is 9.83. The molecule has 0 radical (unpaired) electrons. The Morgan fingerprint density at radius 1 is 1.47 bits per heavy atom. The van der Waals surface area contributed by atoms with Crippen LogP contribution in [-0.4, -0.2) is 15.8 Å². The number of aromatic nitrogens is 2. The van der Waals surface area contributed by atoms with Crippen LogP contribution in [0.3, 0.4) is 0 Å². The van der Waals surface area contributed by atoms with E-state index < -0.39 is 5.41 Å². The third kappa shape index (κ3) is 1.33. The van der Waals surface area contributed by atoms with Crippen molar-refractivity contribution in [1.29, 1.82) is 0 Å². The molecule has 3 rings (SSSR count). The Morgan fingerprint density at radius 3 is 3.00 bits per heavy atom. The molecule has 1 aromatic carbocycles. The number of aromatic amines is 1. The van der Waals surface area contributed by atoms with Gasteiger partial charge in [0.25, 0.3) is 0 Å². The topological polar surface area (TPSA) is 45.8 Å². The van der Waals surface area contributed by atoms with Crippen LogP contribution in [0.1, 0.15) is 28.5 Å². The van der Waals surface area contributed by atoms with E-state index in [2.05, 4.69) is 9.97 Å². The molecular weight excluding hydrogens is 219 g/mol. The molecule has 1 heterocycles. The summed E-state index contributed by atoms with van der Waals surface area (Å²) in [7, 11) is 0. The number of hydrogen-bond donors (Lipinski definition) is 1.